The molecule has 0 amide bonds. The highest BCUT2D eigenvalue weighted by atomic mass is 19.3. The van der Waals surface area contributed by atoms with E-state index in [1.54, 1.807) is 0 Å². The smallest absolute Gasteiger partial charge is 0.315 e. The minimum atomic E-state index is -2.73. The minimum Gasteiger partial charge on any atom is -0.333 e. The van der Waals surface area contributed by atoms with Crippen LogP contribution >= 0.6 is 0 Å². The molecule has 4 nitrogen and oxygen atoms in total. The summed E-state index contributed by atoms with van der Waals surface area (Å²) in [4.78, 5) is 3.69. The van der Waals surface area contributed by atoms with Gasteiger partial charge in [0, 0.05) is 0 Å². The predicted octanol–water partition coefficient (Wildman–Crippen LogP) is 2.37. The lowest BCUT2D eigenvalue weighted by atomic mass is 9.76. The Kier molecular flexibility index (Phi) is 2.92. The third-order valence-electron chi connectivity index (χ3n) is 3.11. The van der Waals surface area contributed by atoms with Crippen LogP contribution in [0.25, 0.3) is 0 Å². The molecule has 1 aliphatic rings. The van der Waals surface area contributed by atoms with Crippen molar-refractivity contribution >= 4 is 0 Å². The van der Waals surface area contributed by atoms with Crippen LogP contribution in [0.5, 0.6) is 0 Å². The average molecular weight is 231 g/mol. The van der Waals surface area contributed by atoms with E-state index >= 15 is 0 Å². The number of alkyl halides is 2. The first-order valence-corrected chi connectivity index (χ1v) is 5.42. The first-order chi connectivity index (χ1) is 7.51. The molecule has 16 heavy (non-hydrogen) atoms. The van der Waals surface area contributed by atoms with E-state index in [2.05, 4.69) is 21.6 Å². The maximum absolute atomic E-state index is 12.3. The Hall–Kier alpha value is -1.04. The van der Waals surface area contributed by atoms with E-state index in [4.69, 9.17) is 5.73 Å². The third-order valence-corrected chi connectivity index (χ3v) is 3.11. The molecule has 2 rings (SSSR count). The molecule has 6 heteroatoms. The first-order valence-electron chi connectivity index (χ1n) is 5.42. The van der Waals surface area contributed by atoms with Crippen LogP contribution in [0.2, 0.25) is 0 Å². The number of hydrogen-bond acceptors (Lipinski definition) is 4. The minimum absolute atomic E-state index is 0.217. The van der Waals surface area contributed by atoms with Gasteiger partial charge in [-0.1, -0.05) is 24.9 Å². The Morgan fingerprint density at radius 1 is 1.56 bits per heavy atom. The lowest BCUT2D eigenvalue weighted by Crippen LogP contribution is -2.42. The summed E-state index contributed by atoms with van der Waals surface area (Å²) in [6.45, 7) is 2.09. The van der Waals surface area contributed by atoms with E-state index in [0.717, 1.165) is 25.7 Å². The Morgan fingerprint density at radius 3 is 2.88 bits per heavy atom. The molecule has 1 fully saturated rings. The SMILES string of the molecule is CC1CCCC(N)(c2noc(C(F)F)n2)C1. The van der Waals surface area contributed by atoms with E-state index < -0.39 is 17.9 Å². The van der Waals surface area contributed by atoms with Gasteiger partial charge in [-0.2, -0.15) is 13.8 Å². The fraction of sp³-hybridized carbons (Fsp3) is 0.800. The van der Waals surface area contributed by atoms with Crippen molar-refractivity contribution in [1.82, 2.24) is 10.1 Å². The number of nitrogens with zero attached hydrogens (tertiary/aromatic N) is 2. The number of rotatable bonds is 2. The van der Waals surface area contributed by atoms with Gasteiger partial charge in [0.2, 0.25) is 0 Å². The Bertz CT molecular complexity index is 369. The second-order valence-electron chi connectivity index (χ2n) is 4.61. The summed E-state index contributed by atoms with van der Waals surface area (Å²) < 4.78 is 29.1. The van der Waals surface area contributed by atoms with E-state index in [1.807, 2.05) is 0 Å². The van der Waals surface area contributed by atoms with Gasteiger partial charge in [0.1, 0.15) is 0 Å². The Balaban J connectivity index is 2.21. The Labute approximate surface area is 92.2 Å². The molecule has 0 spiro atoms. The molecule has 90 valence electrons. The van der Waals surface area contributed by atoms with Crippen LogP contribution < -0.4 is 5.73 Å². The summed E-state index contributed by atoms with van der Waals surface area (Å²) in [5.41, 5.74) is 5.45. The Morgan fingerprint density at radius 2 is 2.31 bits per heavy atom. The fourth-order valence-electron chi connectivity index (χ4n) is 2.32. The van der Waals surface area contributed by atoms with Crippen LogP contribution in [0.3, 0.4) is 0 Å². The normalized spacial score (nSPS) is 30.9. The second kappa shape index (κ2) is 4.08. The molecular formula is C10H15F2N3O. The van der Waals surface area contributed by atoms with Crippen LogP contribution in [0.4, 0.5) is 8.78 Å². The maximum Gasteiger partial charge on any atom is 0.315 e. The molecule has 1 aliphatic carbocycles. The van der Waals surface area contributed by atoms with E-state index in [0.29, 0.717) is 5.92 Å². The van der Waals surface area contributed by atoms with Gasteiger partial charge in [-0.15, -0.1) is 0 Å². The summed E-state index contributed by atoms with van der Waals surface area (Å²) >= 11 is 0. The third kappa shape index (κ3) is 2.07. The van der Waals surface area contributed by atoms with Gasteiger partial charge in [-0.05, 0) is 18.8 Å². The van der Waals surface area contributed by atoms with Crippen molar-refractivity contribution in [2.24, 2.45) is 11.7 Å². The highest BCUT2D eigenvalue weighted by molar-refractivity contribution is 5.06. The van der Waals surface area contributed by atoms with Gasteiger partial charge in [-0.3, -0.25) is 0 Å². The number of nitrogens with two attached hydrogens (primary N) is 1. The van der Waals surface area contributed by atoms with Gasteiger partial charge in [-0.25, -0.2) is 0 Å². The summed E-state index contributed by atoms with van der Waals surface area (Å²) in [5, 5.41) is 3.58. The topological polar surface area (TPSA) is 64.9 Å². The number of hydrogen-bond donors (Lipinski definition) is 1. The van der Waals surface area contributed by atoms with Gasteiger partial charge >= 0.3 is 6.43 Å². The highest BCUT2D eigenvalue weighted by Gasteiger charge is 2.37. The van der Waals surface area contributed by atoms with Crippen LogP contribution in [0.1, 0.15) is 50.7 Å². The highest BCUT2D eigenvalue weighted by Crippen LogP contribution is 2.36. The lowest BCUT2D eigenvalue weighted by molar-refractivity contribution is 0.106. The summed E-state index contributed by atoms with van der Waals surface area (Å²) in [5.74, 6) is 0.0413. The van der Waals surface area contributed by atoms with E-state index in [1.165, 1.54) is 0 Å². The number of aromatic nitrogens is 2. The molecule has 0 radical (unpaired) electrons. The predicted molar refractivity (Wildman–Crippen MR) is 52.8 cm³/mol. The fourth-order valence-corrected chi connectivity index (χ4v) is 2.32. The molecule has 1 saturated carbocycles. The van der Waals surface area contributed by atoms with Crippen molar-refractivity contribution in [1.29, 1.82) is 0 Å². The quantitative estimate of drug-likeness (QED) is 0.848. The molecule has 1 aromatic rings. The molecule has 1 heterocycles. The van der Waals surface area contributed by atoms with Gasteiger partial charge in [0.15, 0.2) is 5.82 Å². The molecule has 0 aliphatic heterocycles. The second-order valence-corrected chi connectivity index (χ2v) is 4.61. The van der Waals surface area contributed by atoms with Crippen molar-refractivity contribution in [3.05, 3.63) is 11.7 Å². The maximum atomic E-state index is 12.3. The van der Waals surface area contributed by atoms with E-state index in [9.17, 15) is 8.78 Å². The lowest BCUT2D eigenvalue weighted by Gasteiger charge is -2.33. The zero-order valence-electron chi connectivity index (χ0n) is 9.12. The monoisotopic (exact) mass is 231 g/mol. The van der Waals surface area contributed by atoms with Gasteiger partial charge in [0.05, 0.1) is 5.54 Å². The van der Waals surface area contributed by atoms with Crippen LogP contribution in [0, 0.1) is 5.92 Å². The van der Waals surface area contributed by atoms with Crippen molar-refractivity contribution < 1.29 is 13.3 Å². The molecular weight excluding hydrogens is 216 g/mol. The van der Waals surface area contributed by atoms with Crippen molar-refractivity contribution in [2.75, 3.05) is 0 Å². The zero-order valence-corrected chi connectivity index (χ0v) is 9.12. The average Bonchev–Trinajstić information content (AvgIpc) is 2.66. The van der Waals surface area contributed by atoms with Crippen LogP contribution in [-0.4, -0.2) is 10.1 Å². The van der Waals surface area contributed by atoms with Gasteiger partial charge < -0.3 is 10.3 Å². The summed E-state index contributed by atoms with van der Waals surface area (Å²) in [7, 11) is 0. The molecule has 0 aromatic carbocycles. The number of halogens is 2. The van der Waals surface area contributed by atoms with Crippen LogP contribution in [0.15, 0.2) is 4.52 Å². The standard InChI is InChI=1S/C10H15F2N3O/c1-6-3-2-4-10(13,5-6)9-14-8(7(11)12)16-15-9/h6-7H,2-5,13H2,1H3. The first kappa shape index (κ1) is 11.4. The van der Waals surface area contributed by atoms with Crippen molar-refractivity contribution in [3.63, 3.8) is 0 Å². The summed E-state index contributed by atoms with van der Waals surface area (Å²) in [6, 6.07) is 0. The van der Waals surface area contributed by atoms with Crippen LogP contribution in [-0.2, 0) is 5.54 Å². The molecule has 2 unspecified atom stereocenters. The van der Waals surface area contributed by atoms with Crippen molar-refractivity contribution in [3.8, 4) is 0 Å². The van der Waals surface area contributed by atoms with Crippen molar-refractivity contribution in [2.45, 2.75) is 44.6 Å². The zero-order chi connectivity index (χ0) is 11.8. The molecule has 2 atom stereocenters. The van der Waals surface area contributed by atoms with Gasteiger partial charge in [0.25, 0.3) is 5.89 Å². The molecule has 2 N–H and O–H groups in total. The molecule has 0 saturated heterocycles. The molecule has 1 aromatic heterocycles. The molecule has 0 bridgehead atoms. The van der Waals surface area contributed by atoms with E-state index in [-0.39, 0.29) is 5.82 Å². The summed E-state index contributed by atoms with van der Waals surface area (Å²) in [6.07, 6.45) is 0.787. The largest absolute Gasteiger partial charge is 0.333 e.